The first kappa shape index (κ1) is 15.5. The van der Waals surface area contributed by atoms with Crippen molar-refractivity contribution in [3.63, 3.8) is 0 Å². The van der Waals surface area contributed by atoms with Crippen molar-refractivity contribution in [3.8, 4) is 0 Å². The minimum absolute atomic E-state index is 0.0812. The van der Waals surface area contributed by atoms with Gasteiger partial charge in [0.25, 0.3) is 0 Å². The van der Waals surface area contributed by atoms with Gasteiger partial charge >= 0.3 is 0 Å². The molecule has 0 radical (unpaired) electrons. The molecule has 2 fully saturated rings. The highest BCUT2D eigenvalue weighted by molar-refractivity contribution is 7.90. The fourth-order valence-corrected chi connectivity index (χ4v) is 4.72. The number of rotatable bonds is 5. The first-order valence-electron chi connectivity index (χ1n) is 7.76. The van der Waals surface area contributed by atoms with Crippen molar-refractivity contribution in [1.82, 2.24) is 19.4 Å². The Bertz CT molecular complexity index is 617. The van der Waals surface area contributed by atoms with Gasteiger partial charge in [0.1, 0.15) is 11.3 Å². The van der Waals surface area contributed by atoms with Crippen molar-refractivity contribution in [2.45, 2.75) is 49.9 Å². The molecule has 1 N–H and O–H groups in total. The van der Waals surface area contributed by atoms with E-state index in [9.17, 15) is 13.2 Å². The lowest BCUT2D eigenvalue weighted by molar-refractivity contribution is -0.137. The standard InChI is InChI=1S/C14H22N4O3S/c1-11(18-8-4-7-15-18)14(19)17-9-13(10-17)22(20,21)16-12-5-2-3-6-12/h4,7-8,11-13,16H,2-3,5-6,9-10H2,1H3. The molecule has 3 rings (SSSR count). The van der Waals surface area contributed by atoms with E-state index in [4.69, 9.17) is 0 Å². The summed E-state index contributed by atoms with van der Waals surface area (Å²) in [5.74, 6) is -0.0870. The topological polar surface area (TPSA) is 84.3 Å². The van der Waals surface area contributed by atoms with Gasteiger partial charge in [0.05, 0.1) is 0 Å². The summed E-state index contributed by atoms with van der Waals surface area (Å²) in [5.41, 5.74) is 0. The molecule has 8 heteroatoms. The summed E-state index contributed by atoms with van der Waals surface area (Å²) < 4.78 is 28.9. The maximum atomic E-state index is 12.3. The van der Waals surface area contributed by atoms with Gasteiger partial charge in [-0.25, -0.2) is 13.1 Å². The molecular weight excluding hydrogens is 304 g/mol. The van der Waals surface area contributed by atoms with E-state index in [1.165, 1.54) is 0 Å². The smallest absolute Gasteiger partial charge is 0.247 e. The second kappa shape index (κ2) is 6.00. The molecule has 0 bridgehead atoms. The Morgan fingerprint density at radius 2 is 2.00 bits per heavy atom. The lowest BCUT2D eigenvalue weighted by Crippen LogP contribution is -2.61. The van der Waals surface area contributed by atoms with Crippen LogP contribution in [0.1, 0.15) is 38.6 Å². The van der Waals surface area contributed by atoms with Crippen LogP contribution in [0.4, 0.5) is 0 Å². The summed E-state index contributed by atoms with van der Waals surface area (Å²) in [4.78, 5) is 13.9. The third kappa shape index (κ3) is 3.03. The summed E-state index contributed by atoms with van der Waals surface area (Å²) in [7, 11) is -3.32. The zero-order valence-corrected chi connectivity index (χ0v) is 13.5. The molecular formula is C14H22N4O3S. The Labute approximate surface area is 130 Å². The molecule has 1 unspecified atom stereocenters. The maximum absolute atomic E-state index is 12.3. The van der Waals surface area contributed by atoms with Crippen molar-refractivity contribution >= 4 is 15.9 Å². The second-order valence-corrected chi connectivity index (χ2v) is 8.16. The number of nitrogens with zero attached hydrogens (tertiary/aromatic N) is 3. The molecule has 2 aliphatic rings. The number of nitrogens with one attached hydrogen (secondary N) is 1. The van der Waals surface area contributed by atoms with E-state index in [2.05, 4.69) is 9.82 Å². The van der Waals surface area contributed by atoms with Gasteiger partial charge in [0.2, 0.25) is 15.9 Å². The Balaban J connectivity index is 1.53. The van der Waals surface area contributed by atoms with Gasteiger partial charge in [-0.1, -0.05) is 12.8 Å². The highest BCUT2D eigenvalue weighted by atomic mass is 32.2. The van der Waals surface area contributed by atoms with Gasteiger partial charge in [-0.3, -0.25) is 9.48 Å². The zero-order chi connectivity index (χ0) is 15.7. The SMILES string of the molecule is CC(C(=O)N1CC(S(=O)(=O)NC2CCCC2)C1)n1cccn1. The highest BCUT2D eigenvalue weighted by Gasteiger charge is 2.42. The summed E-state index contributed by atoms with van der Waals surface area (Å²) >= 11 is 0. The van der Waals surface area contributed by atoms with Gasteiger partial charge in [-0.15, -0.1) is 0 Å². The quantitative estimate of drug-likeness (QED) is 0.855. The zero-order valence-electron chi connectivity index (χ0n) is 12.7. The van der Waals surface area contributed by atoms with Crippen LogP contribution in [0.25, 0.3) is 0 Å². The summed E-state index contributed by atoms with van der Waals surface area (Å²) in [5, 5.41) is 3.57. The van der Waals surface area contributed by atoms with Crippen LogP contribution in [0.15, 0.2) is 18.5 Å². The van der Waals surface area contributed by atoms with Crippen LogP contribution in [-0.2, 0) is 14.8 Å². The van der Waals surface area contributed by atoms with Crippen LogP contribution in [0.2, 0.25) is 0 Å². The number of amides is 1. The Hall–Kier alpha value is -1.41. The number of carbonyl (C=O) groups excluding carboxylic acids is 1. The van der Waals surface area contributed by atoms with Crippen molar-refractivity contribution in [2.75, 3.05) is 13.1 Å². The molecule has 7 nitrogen and oxygen atoms in total. The van der Waals surface area contributed by atoms with E-state index in [0.717, 1.165) is 25.7 Å². The molecule has 0 spiro atoms. The fourth-order valence-electron chi connectivity index (χ4n) is 3.07. The summed E-state index contributed by atoms with van der Waals surface area (Å²) in [6.45, 7) is 2.31. The van der Waals surface area contributed by atoms with E-state index in [1.54, 1.807) is 35.0 Å². The summed E-state index contributed by atoms with van der Waals surface area (Å²) in [6, 6.07) is 1.44. The molecule has 122 valence electrons. The van der Waals surface area contributed by atoms with Crippen LogP contribution in [-0.4, -0.2) is 53.4 Å². The molecule has 1 aromatic heterocycles. The van der Waals surface area contributed by atoms with E-state index in [-0.39, 0.29) is 25.0 Å². The second-order valence-electron chi connectivity index (χ2n) is 6.17. The number of likely N-dealkylation sites (tertiary alicyclic amines) is 1. The lowest BCUT2D eigenvalue weighted by Gasteiger charge is -2.40. The van der Waals surface area contributed by atoms with Crippen LogP contribution >= 0.6 is 0 Å². The van der Waals surface area contributed by atoms with E-state index < -0.39 is 21.3 Å². The highest BCUT2D eigenvalue weighted by Crippen LogP contribution is 2.23. The Morgan fingerprint density at radius 1 is 1.32 bits per heavy atom. The van der Waals surface area contributed by atoms with Gasteiger partial charge in [-0.2, -0.15) is 5.10 Å². The predicted octanol–water partition coefficient (Wildman–Crippen LogP) is 0.517. The Morgan fingerprint density at radius 3 is 2.59 bits per heavy atom. The van der Waals surface area contributed by atoms with Crippen LogP contribution in [0.5, 0.6) is 0 Å². The van der Waals surface area contributed by atoms with Crippen LogP contribution in [0.3, 0.4) is 0 Å². The average molecular weight is 326 g/mol. The van der Waals surface area contributed by atoms with Crippen LogP contribution in [0, 0.1) is 0 Å². The van der Waals surface area contributed by atoms with Crippen molar-refractivity contribution in [2.24, 2.45) is 0 Å². The normalized spacial score (nSPS) is 21.8. The third-order valence-corrected chi connectivity index (χ3v) is 6.40. The lowest BCUT2D eigenvalue weighted by atomic mass is 10.1. The number of hydrogen-bond donors (Lipinski definition) is 1. The van der Waals surface area contributed by atoms with Gasteiger partial charge in [0, 0.05) is 31.5 Å². The van der Waals surface area contributed by atoms with Crippen molar-refractivity contribution in [3.05, 3.63) is 18.5 Å². The molecule has 1 amide bonds. The molecule has 1 aromatic rings. The molecule has 1 saturated heterocycles. The van der Waals surface area contributed by atoms with Crippen LogP contribution < -0.4 is 4.72 Å². The molecule has 1 aliphatic heterocycles. The summed E-state index contributed by atoms with van der Waals surface area (Å²) in [6.07, 6.45) is 7.38. The number of aromatic nitrogens is 2. The minimum Gasteiger partial charge on any atom is -0.338 e. The van der Waals surface area contributed by atoms with E-state index in [0.29, 0.717) is 0 Å². The maximum Gasteiger partial charge on any atom is 0.247 e. The van der Waals surface area contributed by atoms with E-state index >= 15 is 0 Å². The molecule has 2 heterocycles. The van der Waals surface area contributed by atoms with Crippen molar-refractivity contribution < 1.29 is 13.2 Å². The molecule has 0 aromatic carbocycles. The first-order valence-corrected chi connectivity index (χ1v) is 9.31. The van der Waals surface area contributed by atoms with Gasteiger partial charge < -0.3 is 4.90 Å². The molecule has 22 heavy (non-hydrogen) atoms. The number of hydrogen-bond acceptors (Lipinski definition) is 4. The Kier molecular flexibility index (Phi) is 4.22. The molecule has 1 saturated carbocycles. The average Bonchev–Trinajstić information content (AvgIpc) is 3.07. The van der Waals surface area contributed by atoms with E-state index in [1.807, 2.05) is 0 Å². The third-order valence-electron chi connectivity index (χ3n) is 4.56. The largest absolute Gasteiger partial charge is 0.338 e. The molecule has 1 aliphatic carbocycles. The van der Waals surface area contributed by atoms with Crippen molar-refractivity contribution in [1.29, 1.82) is 0 Å². The van der Waals surface area contributed by atoms with Gasteiger partial charge in [-0.05, 0) is 25.8 Å². The number of sulfonamides is 1. The first-order chi connectivity index (χ1) is 10.5. The molecule has 1 atom stereocenters. The monoisotopic (exact) mass is 326 g/mol. The number of carbonyl (C=O) groups is 1. The van der Waals surface area contributed by atoms with Gasteiger partial charge in [0.15, 0.2) is 0 Å². The predicted molar refractivity (Wildman–Crippen MR) is 81.6 cm³/mol. The minimum atomic E-state index is -3.32. The fraction of sp³-hybridized carbons (Fsp3) is 0.714.